The number of hydrogen-bond donors (Lipinski definition) is 1. The van der Waals surface area contributed by atoms with Crippen molar-refractivity contribution in [3.8, 4) is 0 Å². The van der Waals surface area contributed by atoms with E-state index in [1.54, 1.807) is 0 Å². The van der Waals surface area contributed by atoms with Crippen LogP contribution in [-0.2, 0) is 17.6 Å². The van der Waals surface area contributed by atoms with Crippen molar-refractivity contribution in [1.82, 2.24) is 9.38 Å². The number of nitrogens with one attached hydrogen (secondary N) is 1. The van der Waals surface area contributed by atoms with E-state index in [0.717, 1.165) is 29.2 Å². The van der Waals surface area contributed by atoms with Crippen LogP contribution in [0.5, 0.6) is 0 Å². The van der Waals surface area contributed by atoms with E-state index < -0.39 is 0 Å². The smallest absolute Gasteiger partial charge is 0.234 e. The fourth-order valence-corrected chi connectivity index (χ4v) is 3.50. The summed E-state index contributed by atoms with van der Waals surface area (Å²) in [5.74, 6) is 0.346. The summed E-state index contributed by atoms with van der Waals surface area (Å²) in [5, 5.41) is 3.93. The Kier molecular flexibility index (Phi) is 5.20. The molecule has 3 aromatic rings. The number of fused-ring (bicyclic) bond motifs is 1. The maximum absolute atomic E-state index is 12.4. The second kappa shape index (κ2) is 7.53. The minimum absolute atomic E-state index is 0.00304. The minimum atomic E-state index is 0.00304. The number of nitrogens with zero attached hydrogens (tertiary/aromatic N) is 2. The number of anilines is 1. The lowest BCUT2D eigenvalue weighted by Gasteiger charge is -2.14. The molecule has 2 aromatic heterocycles. The quantitative estimate of drug-likeness (QED) is 0.685. The van der Waals surface area contributed by atoms with Gasteiger partial charge in [-0.2, -0.15) is 0 Å². The third-order valence-corrected chi connectivity index (χ3v) is 4.97. The molecule has 24 heavy (non-hydrogen) atoms. The molecular weight excluding hydrogens is 318 g/mol. The van der Waals surface area contributed by atoms with Gasteiger partial charge in [-0.1, -0.05) is 49.9 Å². The highest BCUT2D eigenvalue weighted by atomic mass is 32.2. The first-order valence-electron chi connectivity index (χ1n) is 8.18. The van der Waals surface area contributed by atoms with E-state index >= 15 is 0 Å². The van der Waals surface area contributed by atoms with Gasteiger partial charge in [-0.3, -0.25) is 9.20 Å². The lowest BCUT2D eigenvalue weighted by Crippen LogP contribution is -2.17. The minimum Gasteiger partial charge on any atom is -0.325 e. The summed E-state index contributed by atoms with van der Waals surface area (Å²) in [7, 11) is 0. The molecule has 0 unspecified atom stereocenters. The number of imidazole rings is 1. The van der Waals surface area contributed by atoms with Crippen LogP contribution >= 0.6 is 11.8 Å². The van der Waals surface area contributed by atoms with Crippen LogP contribution in [0.4, 0.5) is 5.69 Å². The molecule has 0 radical (unpaired) electrons. The molecule has 0 spiro atoms. The average Bonchev–Trinajstić information content (AvgIpc) is 3.03. The lowest BCUT2D eigenvalue weighted by molar-refractivity contribution is -0.113. The number of carbonyl (C=O) groups excluding carboxylic acids is 1. The Bertz CT molecular complexity index is 834. The van der Waals surface area contributed by atoms with Crippen molar-refractivity contribution < 1.29 is 4.79 Å². The summed E-state index contributed by atoms with van der Waals surface area (Å²) in [5.41, 5.74) is 4.36. The Balaban J connectivity index is 1.70. The van der Waals surface area contributed by atoms with Crippen molar-refractivity contribution >= 4 is 28.9 Å². The number of para-hydroxylation sites is 1. The van der Waals surface area contributed by atoms with Crippen molar-refractivity contribution in [2.45, 2.75) is 31.8 Å². The van der Waals surface area contributed by atoms with Crippen LogP contribution in [-0.4, -0.2) is 21.0 Å². The molecule has 0 aliphatic heterocycles. The molecule has 0 fully saturated rings. The molecule has 4 nitrogen and oxygen atoms in total. The summed E-state index contributed by atoms with van der Waals surface area (Å²) in [4.78, 5) is 16.8. The Hall–Kier alpha value is -2.27. The molecule has 0 saturated carbocycles. The highest BCUT2D eigenvalue weighted by molar-refractivity contribution is 7.99. The molecule has 2 heterocycles. The van der Waals surface area contributed by atoms with Gasteiger partial charge < -0.3 is 5.32 Å². The third kappa shape index (κ3) is 3.46. The molecule has 0 saturated heterocycles. The maximum atomic E-state index is 12.4. The Morgan fingerprint density at radius 3 is 2.58 bits per heavy atom. The van der Waals surface area contributed by atoms with E-state index in [-0.39, 0.29) is 5.91 Å². The van der Waals surface area contributed by atoms with Gasteiger partial charge in [-0.25, -0.2) is 4.98 Å². The van der Waals surface area contributed by atoms with E-state index in [0.29, 0.717) is 5.75 Å². The number of benzene rings is 1. The molecule has 1 amide bonds. The first-order valence-corrected chi connectivity index (χ1v) is 9.17. The van der Waals surface area contributed by atoms with Gasteiger partial charge in [0.25, 0.3) is 0 Å². The molecule has 0 aliphatic carbocycles. The fourth-order valence-electron chi connectivity index (χ4n) is 2.73. The van der Waals surface area contributed by atoms with E-state index in [1.165, 1.54) is 22.9 Å². The second-order valence-corrected chi connectivity index (χ2v) is 6.47. The molecule has 1 N–H and O–H groups in total. The van der Waals surface area contributed by atoms with Crippen LogP contribution in [0.15, 0.2) is 53.9 Å². The number of aryl methyl sites for hydroxylation is 2. The van der Waals surface area contributed by atoms with E-state index in [4.69, 9.17) is 0 Å². The van der Waals surface area contributed by atoms with Gasteiger partial charge in [0.2, 0.25) is 5.91 Å². The third-order valence-electron chi connectivity index (χ3n) is 4.00. The number of carbonyl (C=O) groups is 1. The summed E-state index contributed by atoms with van der Waals surface area (Å²) < 4.78 is 2.00. The zero-order valence-corrected chi connectivity index (χ0v) is 14.8. The zero-order valence-electron chi connectivity index (χ0n) is 14.0. The maximum Gasteiger partial charge on any atom is 0.234 e. The Morgan fingerprint density at radius 1 is 1.12 bits per heavy atom. The number of thioether (sulfide) groups is 1. The van der Waals surface area contributed by atoms with Crippen LogP contribution < -0.4 is 5.32 Å². The van der Waals surface area contributed by atoms with Crippen LogP contribution in [0.25, 0.3) is 5.52 Å². The van der Waals surface area contributed by atoms with Gasteiger partial charge in [0.05, 0.1) is 17.5 Å². The summed E-state index contributed by atoms with van der Waals surface area (Å²) in [6.45, 7) is 4.21. The Labute approximate surface area is 146 Å². The highest BCUT2D eigenvalue weighted by Gasteiger charge is 2.12. The largest absolute Gasteiger partial charge is 0.325 e. The normalized spacial score (nSPS) is 10.9. The molecule has 0 aliphatic rings. The van der Waals surface area contributed by atoms with Gasteiger partial charge in [0.1, 0.15) is 0 Å². The fraction of sp³-hybridized carbons (Fsp3) is 0.263. The molecule has 0 bridgehead atoms. The van der Waals surface area contributed by atoms with Crippen molar-refractivity contribution in [2.75, 3.05) is 11.1 Å². The number of amides is 1. The molecule has 3 rings (SSSR count). The SMILES string of the molecule is CCc1cccc(CC)c1NC(=O)CSc1ncc2ccccn12. The second-order valence-electron chi connectivity index (χ2n) is 5.53. The van der Waals surface area contributed by atoms with Gasteiger partial charge in [0.15, 0.2) is 5.16 Å². The van der Waals surface area contributed by atoms with Crippen LogP contribution in [0, 0.1) is 0 Å². The number of aromatic nitrogens is 2. The van der Waals surface area contributed by atoms with E-state index in [2.05, 4.69) is 42.3 Å². The van der Waals surface area contributed by atoms with Gasteiger partial charge >= 0.3 is 0 Å². The zero-order chi connectivity index (χ0) is 16.9. The van der Waals surface area contributed by atoms with Crippen molar-refractivity contribution in [3.05, 3.63) is 59.9 Å². The summed E-state index contributed by atoms with van der Waals surface area (Å²) in [6.07, 6.45) is 5.59. The predicted molar refractivity (Wildman–Crippen MR) is 99.7 cm³/mol. The van der Waals surface area contributed by atoms with Crippen LogP contribution in [0.1, 0.15) is 25.0 Å². The number of pyridine rings is 1. The van der Waals surface area contributed by atoms with Crippen molar-refractivity contribution in [3.63, 3.8) is 0 Å². The van der Waals surface area contributed by atoms with Gasteiger partial charge in [-0.05, 0) is 36.1 Å². The van der Waals surface area contributed by atoms with Crippen LogP contribution in [0.3, 0.4) is 0 Å². The lowest BCUT2D eigenvalue weighted by atomic mass is 10.0. The van der Waals surface area contributed by atoms with E-state index in [9.17, 15) is 4.79 Å². The van der Waals surface area contributed by atoms with Crippen molar-refractivity contribution in [2.24, 2.45) is 0 Å². The average molecular weight is 339 g/mol. The highest BCUT2D eigenvalue weighted by Crippen LogP contribution is 2.24. The first kappa shape index (κ1) is 16.6. The molecular formula is C19H21N3OS. The predicted octanol–water partition coefficient (Wildman–Crippen LogP) is 4.19. The molecule has 1 aromatic carbocycles. The standard InChI is InChI=1S/C19H21N3OS/c1-3-14-8-7-9-15(4-2)18(14)21-17(23)13-24-19-20-12-16-10-5-6-11-22(16)19/h5-12H,3-4,13H2,1-2H3,(H,21,23). The molecule has 124 valence electrons. The van der Waals surface area contributed by atoms with Crippen molar-refractivity contribution in [1.29, 1.82) is 0 Å². The molecule has 5 heteroatoms. The monoisotopic (exact) mass is 339 g/mol. The summed E-state index contributed by atoms with van der Waals surface area (Å²) in [6, 6.07) is 12.1. The van der Waals surface area contributed by atoms with Gasteiger partial charge in [0, 0.05) is 11.9 Å². The van der Waals surface area contributed by atoms with Gasteiger partial charge in [-0.15, -0.1) is 0 Å². The first-order chi connectivity index (χ1) is 11.7. The molecule has 0 atom stereocenters. The number of hydrogen-bond acceptors (Lipinski definition) is 3. The summed E-state index contributed by atoms with van der Waals surface area (Å²) >= 11 is 1.45. The topological polar surface area (TPSA) is 46.4 Å². The Morgan fingerprint density at radius 2 is 1.88 bits per heavy atom. The number of rotatable bonds is 6. The van der Waals surface area contributed by atoms with Crippen LogP contribution in [0.2, 0.25) is 0 Å². The van der Waals surface area contributed by atoms with E-state index in [1.807, 2.05) is 35.0 Å².